The van der Waals surface area contributed by atoms with Crippen LogP contribution in [0.4, 0.5) is 0 Å². The number of furan rings is 1. The van der Waals surface area contributed by atoms with Gasteiger partial charge in [0.1, 0.15) is 12.4 Å². The van der Waals surface area contributed by atoms with Gasteiger partial charge in [-0.05, 0) is 11.6 Å². The van der Waals surface area contributed by atoms with Crippen molar-refractivity contribution in [3.05, 3.63) is 65.6 Å². The Morgan fingerprint density at radius 1 is 1.19 bits per heavy atom. The highest BCUT2D eigenvalue weighted by Crippen LogP contribution is 2.12. The molecule has 3 heteroatoms. The molecular formula is C18H23NO2. The summed E-state index contributed by atoms with van der Waals surface area (Å²) in [5.41, 5.74) is 2.34. The second-order valence-electron chi connectivity index (χ2n) is 5.23. The molecule has 2 aromatic rings. The Labute approximate surface area is 126 Å². The molecule has 2 rings (SSSR count). The maximum atomic E-state index is 5.64. The average Bonchev–Trinajstić information content (AvgIpc) is 2.93. The van der Waals surface area contributed by atoms with Crippen molar-refractivity contribution in [3.8, 4) is 0 Å². The molecule has 0 bridgehead atoms. The van der Waals surface area contributed by atoms with E-state index in [0.29, 0.717) is 19.3 Å². The van der Waals surface area contributed by atoms with Crippen LogP contribution in [0.5, 0.6) is 0 Å². The molecule has 0 aliphatic carbocycles. The number of rotatable bonds is 8. The lowest BCUT2D eigenvalue weighted by atomic mass is 10.2. The van der Waals surface area contributed by atoms with Gasteiger partial charge in [-0.15, -0.1) is 0 Å². The minimum absolute atomic E-state index is 0.461. The maximum Gasteiger partial charge on any atom is 0.133 e. The Morgan fingerprint density at radius 2 is 2.00 bits per heavy atom. The first-order chi connectivity index (χ1) is 10.3. The summed E-state index contributed by atoms with van der Waals surface area (Å²) in [6.07, 6.45) is 5.80. The van der Waals surface area contributed by atoms with Gasteiger partial charge in [0.05, 0.1) is 12.9 Å². The summed E-state index contributed by atoms with van der Waals surface area (Å²) in [6, 6.07) is 12.7. The van der Waals surface area contributed by atoms with Crippen molar-refractivity contribution in [2.24, 2.45) is 0 Å². The third-order valence-electron chi connectivity index (χ3n) is 3.10. The van der Waals surface area contributed by atoms with Crippen LogP contribution >= 0.6 is 0 Å². The summed E-state index contributed by atoms with van der Waals surface area (Å²) < 4.78 is 11.1. The Balaban J connectivity index is 1.74. The normalized spacial score (nSPS) is 11.6. The molecule has 0 spiro atoms. The minimum atomic E-state index is 0.461. The van der Waals surface area contributed by atoms with Crippen molar-refractivity contribution in [2.45, 2.75) is 33.0 Å². The molecule has 21 heavy (non-hydrogen) atoms. The van der Waals surface area contributed by atoms with E-state index in [2.05, 4.69) is 37.4 Å². The standard InChI is InChI=1S/C18H23NO2/c1-15(2)19-13-17-10-12-21-18(17)14-20-11-6-9-16-7-4-3-5-8-16/h3-10,12,15,19H,11,13-14H2,1-2H3. The molecule has 0 aliphatic rings. The van der Waals surface area contributed by atoms with Gasteiger partial charge in [-0.25, -0.2) is 0 Å². The first-order valence-corrected chi connectivity index (χ1v) is 7.33. The molecule has 0 saturated heterocycles. The molecule has 1 heterocycles. The van der Waals surface area contributed by atoms with Crippen LogP contribution in [-0.4, -0.2) is 12.6 Å². The van der Waals surface area contributed by atoms with Crippen LogP contribution in [-0.2, 0) is 17.9 Å². The summed E-state index contributed by atoms with van der Waals surface area (Å²) >= 11 is 0. The SMILES string of the molecule is CC(C)NCc1ccoc1COCC=Cc1ccccc1. The van der Waals surface area contributed by atoms with Crippen LogP contribution in [0.25, 0.3) is 6.08 Å². The lowest BCUT2D eigenvalue weighted by Crippen LogP contribution is -2.22. The van der Waals surface area contributed by atoms with Crippen LogP contribution < -0.4 is 5.32 Å². The van der Waals surface area contributed by atoms with Gasteiger partial charge in [-0.2, -0.15) is 0 Å². The third kappa shape index (κ3) is 5.58. The Morgan fingerprint density at radius 3 is 2.76 bits per heavy atom. The molecule has 0 amide bonds. The fourth-order valence-electron chi connectivity index (χ4n) is 1.93. The quantitative estimate of drug-likeness (QED) is 0.744. The lowest BCUT2D eigenvalue weighted by Gasteiger charge is -2.08. The van der Waals surface area contributed by atoms with Crippen molar-refractivity contribution in [2.75, 3.05) is 6.61 Å². The van der Waals surface area contributed by atoms with E-state index in [9.17, 15) is 0 Å². The highest BCUT2D eigenvalue weighted by atomic mass is 16.5. The summed E-state index contributed by atoms with van der Waals surface area (Å²) in [4.78, 5) is 0. The van der Waals surface area contributed by atoms with E-state index in [1.54, 1.807) is 6.26 Å². The summed E-state index contributed by atoms with van der Waals surface area (Å²) in [5.74, 6) is 0.899. The molecule has 1 aromatic heterocycles. The van der Waals surface area contributed by atoms with E-state index in [1.807, 2.05) is 30.3 Å². The van der Waals surface area contributed by atoms with Gasteiger partial charge in [0, 0.05) is 18.2 Å². The smallest absolute Gasteiger partial charge is 0.133 e. The van der Waals surface area contributed by atoms with Gasteiger partial charge >= 0.3 is 0 Å². The highest BCUT2D eigenvalue weighted by molar-refractivity contribution is 5.48. The van der Waals surface area contributed by atoms with Gasteiger partial charge in [0.2, 0.25) is 0 Å². The first-order valence-electron chi connectivity index (χ1n) is 7.33. The van der Waals surface area contributed by atoms with E-state index in [-0.39, 0.29) is 0 Å². The van der Waals surface area contributed by atoms with Crippen molar-refractivity contribution in [1.29, 1.82) is 0 Å². The molecular weight excluding hydrogens is 262 g/mol. The molecule has 1 N–H and O–H groups in total. The maximum absolute atomic E-state index is 5.64. The summed E-state index contributed by atoms with van der Waals surface area (Å²) in [6.45, 7) is 6.15. The van der Waals surface area contributed by atoms with Crippen molar-refractivity contribution in [3.63, 3.8) is 0 Å². The highest BCUT2D eigenvalue weighted by Gasteiger charge is 2.06. The van der Waals surface area contributed by atoms with E-state index in [0.717, 1.165) is 17.9 Å². The predicted octanol–water partition coefficient (Wildman–Crippen LogP) is 4.01. The number of ether oxygens (including phenoxy) is 1. The Bertz CT molecular complexity index is 543. The van der Waals surface area contributed by atoms with E-state index >= 15 is 0 Å². The number of hydrogen-bond acceptors (Lipinski definition) is 3. The van der Waals surface area contributed by atoms with E-state index in [4.69, 9.17) is 9.15 Å². The lowest BCUT2D eigenvalue weighted by molar-refractivity contribution is 0.131. The van der Waals surface area contributed by atoms with Gasteiger partial charge in [0.15, 0.2) is 0 Å². The summed E-state index contributed by atoms with van der Waals surface area (Å²) in [7, 11) is 0. The molecule has 0 aliphatic heterocycles. The predicted molar refractivity (Wildman–Crippen MR) is 85.8 cm³/mol. The monoisotopic (exact) mass is 285 g/mol. The number of benzene rings is 1. The van der Waals surface area contributed by atoms with Crippen molar-refractivity contribution < 1.29 is 9.15 Å². The molecule has 0 saturated carbocycles. The zero-order valence-corrected chi connectivity index (χ0v) is 12.7. The summed E-state index contributed by atoms with van der Waals surface area (Å²) in [5, 5.41) is 3.38. The molecule has 3 nitrogen and oxygen atoms in total. The molecule has 0 unspecified atom stereocenters. The van der Waals surface area contributed by atoms with Gasteiger partial charge in [-0.1, -0.05) is 56.3 Å². The minimum Gasteiger partial charge on any atom is -0.467 e. The number of nitrogens with one attached hydrogen (secondary N) is 1. The molecule has 0 atom stereocenters. The van der Waals surface area contributed by atoms with Gasteiger partial charge in [0.25, 0.3) is 0 Å². The van der Waals surface area contributed by atoms with Gasteiger partial charge < -0.3 is 14.5 Å². The zero-order valence-electron chi connectivity index (χ0n) is 12.7. The first kappa shape index (κ1) is 15.5. The molecule has 112 valence electrons. The fraction of sp³-hybridized carbons (Fsp3) is 0.333. The second kappa shape index (κ2) is 8.45. The van der Waals surface area contributed by atoms with Crippen LogP contribution in [0.1, 0.15) is 30.7 Å². The third-order valence-corrected chi connectivity index (χ3v) is 3.10. The largest absolute Gasteiger partial charge is 0.467 e. The molecule has 0 radical (unpaired) electrons. The molecule has 0 fully saturated rings. The van der Waals surface area contributed by atoms with Crippen LogP contribution in [0.15, 0.2) is 53.2 Å². The van der Waals surface area contributed by atoms with Crippen LogP contribution in [0.3, 0.4) is 0 Å². The van der Waals surface area contributed by atoms with E-state index < -0.39 is 0 Å². The Kier molecular flexibility index (Phi) is 6.25. The van der Waals surface area contributed by atoms with E-state index in [1.165, 1.54) is 5.56 Å². The number of hydrogen-bond donors (Lipinski definition) is 1. The second-order valence-corrected chi connectivity index (χ2v) is 5.23. The topological polar surface area (TPSA) is 34.4 Å². The average molecular weight is 285 g/mol. The van der Waals surface area contributed by atoms with Crippen molar-refractivity contribution >= 4 is 6.08 Å². The fourth-order valence-corrected chi connectivity index (χ4v) is 1.93. The van der Waals surface area contributed by atoms with Crippen molar-refractivity contribution in [1.82, 2.24) is 5.32 Å². The zero-order chi connectivity index (χ0) is 14.9. The molecule has 1 aromatic carbocycles. The Hall–Kier alpha value is -1.84. The van der Waals surface area contributed by atoms with Crippen LogP contribution in [0, 0.1) is 0 Å². The van der Waals surface area contributed by atoms with Gasteiger partial charge in [-0.3, -0.25) is 0 Å². The van der Waals surface area contributed by atoms with Crippen LogP contribution in [0.2, 0.25) is 0 Å².